The molecule has 472 valence electrons. The van der Waals surface area contributed by atoms with Gasteiger partial charge in [-0.3, -0.25) is 23.4 Å². The van der Waals surface area contributed by atoms with Gasteiger partial charge in [-0.1, -0.05) is 279 Å². The van der Waals surface area contributed by atoms with Gasteiger partial charge in [-0.05, 0) is 89.9 Å². The summed E-state index contributed by atoms with van der Waals surface area (Å²) in [5, 5.41) is 9.86. The zero-order valence-corrected chi connectivity index (χ0v) is 53.3. The molecule has 0 spiro atoms. The molecule has 11 nitrogen and oxygen atoms in total. The second-order valence-electron chi connectivity index (χ2n) is 21.9. The standard InChI is InChI=1S/C70H121O11P/c1-4-7-10-13-16-19-22-25-28-31-33-36-38-41-44-47-50-53-56-59-68(72)77-63-67(81-70(74)61-58-55-52-49-46-43-40-37-34-32-29-26-23-20-17-14-11-8-5-2)65-79-82(75,76)78-64-66(62-71)80-69(73)60-57-54-51-48-45-42-39-35-30-27-24-21-18-15-12-9-6-3/h7,10,16,18-19,21,25,27-28,30,33,36,41,44,50,53,66-67,71H,4-6,8-9,11-15,17,20,22-24,26,29,31-32,34-35,37-40,42-43,45-49,51-52,54-65H2,1-3H3,(H,75,76)/b10-7-,19-16-,21-18-,28-25-,30-27-,36-33-,44-41-,53-50-. The van der Waals surface area contributed by atoms with Crippen LogP contribution in [0.5, 0.6) is 0 Å². The van der Waals surface area contributed by atoms with Gasteiger partial charge >= 0.3 is 25.7 Å². The number of aliphatic hydroxyl groups excluding tert-OH is 1. The van der Waals surface area contributed by atoms with Gasteiger partial charge in [0.05, 0.1) is 19.8 Å². The lowest BCUT2D eigenvalue weighted by molar-refractivity contribution is -0.161. The van der Waals surface area contributed by atoms with Crippen LogP contribution in [0.3, 0.4) is 0 Å². The van der Waals surface area contributed by atoms with E-state index in [1.54, 1.807) is 0 Å². The second kappa shape index (κ2) is 63.4. The van der Waals surface area contributed by atoms with E-state index in [0.717, 1.165) is 96.3 Å². The van der Waals surface area contributed by atoms with Crippen LogP contribution in [-0.2, 0) is 42.2 Å². The quantitative estimate of drug-likeness (QED) is 0.0197. The van der Waals surface area contributed by atoms with Crippen molar-refractivity contribution in [2.45, 2.75) is 303 Å². The molecule has 0 aliphatic carbocycles. The number of esters is 3. The summed E-state index contributed by atoms with van der Waals surface area (Å²) in [5.74, 6) is -1.56. The Morgan fingerprint density at radius 3 is 1.05 bits per heavy atom. The molecule has 0 aromatic carbocycles. The maximum Gasteiger partial charge on any atom is 0.472 e. The lowest BCUT2D eigenvalue weighted by Gasteiger charge is -2.21. The van der Waals surface area contributed by atoms with Gasteiger partial charge in [0, 0.05) is 19.3 Å². The predicted molar refractivity (Wildman–Crippen MR) is 344 cm³/mol. The Hall–Kier alpha value is -3.60. The van der Waals surface area contributed by atoms with Crippen LogP contribution in [0.1, 0.15) is 290 Å². The number of phosphoric acid groups is 1. The van der Waals surface area contributed by atoms with Gasteiger partial charge in [-0.2, -0.15) is 0 Å². The van der Waals surface area contributed by atoms with Crippen molar-refractivity contribution in [2.75, 3.05) is 26.4 Å². The first-order valence-corrected chi connectivity index (χ1v) is 34.6. The summed E-state index contributed by atoms with van der Waals surface area (Å²) in [4.78, 5) is 48.8. The molecule has 0 bridgehead atoms. The summed E-state index contributed by atoms with van der Waals surface area (Å²) in [6.07, 6.45) is 76.6. The first-order valence-electron chi connectivity index (χ1n) is 33.1. The van der Waals surface area contributed by atoms with E-state index in [-0.39, 0.29) is 25.9 Å². The van der Waals surface area contributed by atoms with E-state index in [4.69, 9.17) is 23.3 Å². The topological polar surface area (TPSA) is 155 Å². The maximum absolute atomic E-state index is 13.0. The molecular formula is C70H121O11P. The Morgan fingerprint density at radius 1 is 0.354 bits per heavy atom. The fourth-order valence-corrected chi connectivity index (χ4v) is 9.79. The van der Waals surface area contributed by atoms with Crippen LogP contribution >= 0.6 is 7.82 Å². The molecular weight excluding hydrogens is 1050 g/mol. The van der Waals surface area contributed by atoms with Crippen molar-refractivity contribution >= 4 is 25.7 Å². The molecule has 0 heterocycles. The highest BCUT2D eigenvalue weighted by molar-refractivity contribution is 7.47. The zero-order valence-electron chi connectivity index (χ0n) is 52.4. The number of unbranched alkanes of at least 4 members (excludes halogenated alkanes) is 28. The molecule has 2 N–H and O–H groups in total. The van der Waals surface area contributed by atoms with Crippen LogP contribution in [0, 0.1) is 0 Å². The van der Waals surface area contributed by atoms with Crippen molar-refractivity contribution in [3.05, 3.63) is 97.2 Å². The third kappa shape index (κ3) is 61.0. The fourth-order valence-electron chi connectivity index (χ4n) is 9.00. The summed E-state index contributed by atoms with van der Waals surface area (Å²) in [7, 11) is -4.78. The van der Waals surface area contributed by atoms with Gasteiger partial charge in [0.15, 0.2) is 6.10 Å². The van der Waals surface area contributed by atoms with E-state index in [0.29, 0.717) is 19.3 Å². The Balaban J connectivity index is 4.78. The van der Waals surface area contributed by atoms with Gasteiger partial charge in [0.2, 0.25) is 0 Å². The van der Waals surface area contributed by atoms with Gasteiger partial charge in [-0.15, -0.1) is 0 Å². The molecule has 0 fully saturated rings. The van der Waals surface area contributed by atoms with Gasteiger partial charge in [0.25, 0.3) is 0 Å². The Labute approximate surface area is 502 Å². The molecule has 12 heteroatoms. The van der Waals surface area contributed by atoms with Crippen LogP contribution in [0.4, 0.5) is 0 Å². The molecule has 0 saturated heterocycles. The zero-order chi connectivity index (χ0) is 59.8. The van der Waals surface area contributed by atoms with Crippen LogP contribution in [0.15, 0.2) is 97.2 Å². The lowest BCUT2D eigenvalue weighted by Crippen LogP contribution is -2.30. The summed E-state index contributed by atoms with van der Waals surface area (Å²) < 4.78 is 39.6. The van der Waals surface area contributed by atoms with Crippen molar-refractivity contribution in [1.29, 1.82) is 0 Å². The maximum atomic E-state index is 13.0. The van der Waals surface area contributed by atoms with Crippen LogP contribution in [0.25, 0.3) is 0 Å². The predicted octanol–water partition coefficient (Wildman–Crippen LogP) is 20.4. The number of rotatable bonds is 61. The van der Waals surface area contributed by atoms with E-state index in [1.165, 1.54) is 135 Å². The monoisotopic (exact) mass is 1170 g/mol. The van der Waals surface area contributed by atoms with Crippen molar-refractivity contribution < 1.29 is 52.2 Å². The van der Waals surface area contributed by atoms with Crippen molar-refractivity contribution in [3.8, 4) is 0 Å². The number of ether oxygens (including phenoxy) is 3. The molecule has 0 rings (SSSR count). The first-order chi connectivity index (χ1) is 40.2. The largest absolute Gasteiger partial charge is 0.472 e. The first kappa shape index (κ1) is 78.4. The summed E-state index contributed by atoms with van der Waals surface area (Å²) in [5.41, 5.74) is 0. The van der Waals surface area contributed by atoms with Crippen molar-refractivity contribution in [3.63, 3.8) is 0 Å². The van der Waals surface area contributed by atoms with Crippen LogP contribution in [0.2, 0.25) is 0 Å². The number of hydrogen-bond donors (Lipinski definition) is 2. The summed E-state index contributed by atoms with van der Waals surface area (Å²) in [6, 6.07) is 0. The minimum Gasteiger partial charge on any atom is -0.462 e. The molecule has 82 heavy (non-hydrogen) atoms. The number of phosphoric ester groups is 1. The summed E-state index contributed by atoms with van der Waals surface area (Å²) in [6.45, 7) is 4.46. The molecule has 0 aliphatic heterocycles. The Kier molecular flexibility index (Phi) is 60.6. The van der Waals surface area contributed by atoms with E-state index >= 15 is 0 Å². The number of carbonyl (C=O) groups is 3. The number of aliphatic hydroxyl groups is 1. The van der Waals surface area contributed by atoms with Crippen molar-refractivity contribution in [1.82, 2.24) is 0 Å². The molecule has 3 atom stereocenters. The van der Waals surface area contributed by atoms with Gasteiger partial charge in [-0.25, -0.2) is 4.57 Å². The second-order valence-corrected chi connectivity index (χ2v) is 23.4. The van der Waals surface area contributed by atoms with Crippen LogP contribution < -0.4 is 0 Å². The third-order valence-corrected chi connectivity index (χ3v) is 15.0. The average Bonchev–Trinajstić information content (AvgIpc) is 3.47. The van der Waals surface area contributed by atoms with Gasteiger partial charge < -0.3 is 24.2 Å². The van der Waals surface area contributed by atoms with E-state index in [2.05, 4.69) is 106 Å². The molecule has 0 aliphatic rings. The molecule has 0 aromatic rings. The molecule has 3 unspecified atom stereocenters. The third-order valence-electron chi connectivity index (χ3n) is 14.0. The molecule has 0 aromatic heterocycles. The average molecular weight is 1170 g/mol. The minimum absolute atomic E-state index is 0.0994. The molecule has 0 amide bonds. The van der Waals surface area contributed by atoms with Crippen LogP contribution in [-0.4, -0.2) is 66.5 Å². The fraction of sp³-hybridized carbons (Fsp3) is 0.729. The normalized spacial score (nSPS) is 13.9. The highest BCUT2D eigenvalue weighted by Gasteiger charge is 2.28. The SMILES string of the molecule is CC/C=C\C/C=C\C/C=C\C/C=C\C/C=C\C/C=C\CCC(=O)OCC(COP(=O)(O)OCC(CO)OC(=O)CCCCCCCCC/C=C\C/C=C\CCCCC)OC(=O)CCCCCCCCCCCCCCCCCCCCC. The van der Waals surface area contributed by atoms with E-state index < -0.39 is 57.8 Å². The van der Waals surface area contributed by atoms with Gasteiger partial charge in [0.1, 0.15) is 12.7 Å². The lowest BCUT2D eigenvalue weighted by atomic mass is 10.0. The van der Waals surface area contributed by atoms with E-state index in [9.17, 15) is 28.9 Å². The Morgan fingerprint density at radius 2 is 0.659 bits per heavy atom. The minimum atomic E-state index is -4.78. The number of carbonyl (C=O) groups excluding carboxylic acids is 3. The highest BCUT2D eigenvalue weighted by Crippen LogP contribution is 2.43. The molecule has 0 saturated carbocycles. The highest BCUT2D eigenvalue weighted by atomic mass is 31.2. The smallest absolute Gasteiger partial charge is 0.462 e. The van der Waals surface area contributed by atoms with E-state index in [1.807, 2.05) is 12.2 Å². The number of allylic oxidation sites excluding steroid dienone is 16. The van der Waals surface area contributed by atoms with Crippen molar-refractivity contribution in [2.24, 2.45) is 0 Å². The number of hydrogen-bond acceptors (Lipinski definition) is 10. The molecule has 0 radical (unpaired) electrons. The summed E-state index contributed by atoms with van der Waals surface area (Å²) >= 11 is 0. The Bertz CT molecular complexity index is 1750.